The zero-order valence-electron chi connectivity index (χ0n) is 16.4. The molecule has 1 aliphatic heterocycles. The minimum Gasteiger partial charge on any atom is -0.463 e. The van der Waals surface area contributed by atoms with E-state index in [4.69, 9.17) is 10.2 Å². The second kappa shape index (κ2) is 6.30. The number of carbonyl (C=O) groups excluding carboxylic acids is 4. The van der Waals surface area contributed by atoms with Crippen LogP contribution in [0, 0.1) is 0 Å². The first-order valence-corrected chi connectivity index (χ1v) is 6.36. The highest BCUT2D eigenvalue weighted by Crippen LogP contribution is 2.45. The van der Waals surface area contributed by atoms with Crippen molar-refractivity contribution in [2.75, 3.05) is 6.61 Å². The van der Waals surface area contributed by atoms with Gasteiger partial charge in [0, 0.05) is 12.4 Å². The Kier molecular flexibility index (Phi) is 3.83. The molecule has 5 atom stereocenters. The maximum Gasteiger partial charge on any atom is 0.302 e. The Labute approximate surface area is 142 Å². The minimum absolute atomic E-state index is 0.892. The van der Waals surface area contributed by atoms with E-state index in [1.807, 2.05) is 0 Å². The molecular weight excluding hydrogens is 328 g/mol. The van der Waals surface area contributed by atoms with E-state index in [0.29, 0.717) is 0 Å². The molecule has 0 radical (unpaired) electrons. The molecule has 10 heteroatoms. The molecule has 0 saturated carbocycles. The van der Waals surface area contributed by atoms with Crippen molar-refractivity contribution in [1.29, 1.82) is 0 Å². The van der Waals surface area contributed by atoms with Gasteiger partial charge in [0.25, 0.3) is 0 Å². The van der Waals surface area contributed by atoms with E-state index in [9.17, 15) is 39.6 Å². The van der Waals surface area contributed by atoms with Gasteiger partial charge in [-0.15, -0.1) is 0 Å². The van der Waals surface area contributed by atoms with Crippen LogP contribution >= 0.6 is 0 Å². The molecule has 0 amide bonds. The second-order valence-corrected chi connectivity index (χ2v) is 5.17. The van der Waals surface area contributed by atoms with Gasteiger partial charge in [-0.05, 0) is 20.7 Å². The molecule has 1 heterocycles. The van der Waals surface area contributed by atoms with Gasteiger partial charge in [-0.3, -0.25) is 19.2 Å². The van der Waals surface area contributed by atoms with Crippen molar-refractivity contribution < 1.29 is 54.6 Å². The normalized spacial score (nSPS) is 41.3. The van der Waals surface area contributed by atoms with Crippen LogP contribution in [-0.2, 0) is 28.7 Å². The lowest BCUT2D eigenvalue weighted by Crippen LogP contribution is -2.86. The molecule has 1 unspecified atom stereocenters. The summed E-state index contributed by atoms with van der Waals surface area (Å²) in [7, 11) is 0. The average Bonchev–Trinajstić information content (AvgIpc) is 2.70. The van der Waals surface area contributed by atoms with E-state index < -0.39 is 86.7 Å². The molecule has 1 rings (SSSR count). The zero-order valence-corrected chi connectivity index (χ0v) is 12.4. The van der Waals surface area contributed by atoms with Gasteiger partial charge in [-0.1, -0.05) is 0 Å². The molecular formula is C14H20O10. The summed E-state index contributed by atoms with van der Waals surface area (Å²) in [5, 5.41) is 42.6. The van der Waals surface area contributed by atoms with Gasteiger partial charge in [-0.25, -0.2) is 0 Å². The molecule has 0 aromatic heterocycles. The Morgan fingerprint density at radius 3 is 2.04 bits per heavy atom. The SMILES string of the molecule is [2H]CC(=O)OC[C@H]1OC(O)[C@@](O)(C(=O)C[2H])[C@](O)(C(=O)C[2H])[C@@]1(O)C(=O)C[2H]. The predicted molar refractivity (Wildman–Crippen MR) is 74.4 cm³/mol. The Morgan fingerprint density at radius 2 is 1.54 bits per heavy atom. The molecule has 0 aliphatic carbocycles. The Balaban J connectivity index is 3.74. The summed E-state index contributed by atoms with van der Waals surface area (Å²) < 4.78 is 37.6. The number of aliphatic hydroxyl groups excluding tert-OH is 1. The Morgan fingerprint density at radius 1 is 1.00 bits per heavy atom. The number of hydrogen-bond acceptors (Lipinski definition) is 10. The van der Waals surface area contributed by atoms with E-state index in [2.05, 4.69) is 4.74 Å². The highest BCUT2D eigenvalue weighted by atomic mass is 16.7. The topological polar surface area (TPSA) is 168 Å². The maximum atomic E-state index is 12.4. The zero-order chi connectivity index (χ0) is 21.9. The molecule has 4 N–H and O–H groups in total. The van der Waals surface area contributed by atoms with Crippen LogP contribution in [0.15, 0.2) is 0 Å². The van der Waals surface area contributed by atoms with E-state index >= 15 is 0 Å². The summed E-state index contributed by atoms with van der Waals surface area (Å²) in [5.41, 5.74) is -11.2. The highest BCUT2D eigenvalue weighted by Gasteiger charge is 2.78. The van der Waals surface area contributed by atoms with Crippen molar-refractivity contribution in [3.8, 4) is 0 Å². The molecule has 10 nitrogen and oxygen atoms in total. The van der Waals surface area contributed by atoms with Crippen molar-refractivity contribution in [3.05, 3.63) is 0 Å². The van der Waals surface area contributed by atoms with Gasteiger partial charge in [0.15, 0.2) is 29.2 Å². The fraction of sp³-hybridized carbons (Fsp3) is 0.714. The average molecular weight is 352 g/mol. The van der Waals surface area contributed by atoms with E-state index in [1.54, 1.807) is 0 Å². The summed E-state index contributed by atoms with van der Waals surface area (Å²) >= 11 is 0. The third-order valence-electron chi connectivity index (χ3n) is 3.87. The van der Waals surface area contributed by atoms with Crippen molar-refractivity contribution >= 4 is 23.3 Å². The first-order chi connectivity index (χ1) is 12.9. The number of carbonyl (C=O) groups is 4. The van der Waals surface area contributed by atoms with Crippen molar-refractivity contribution in [2.24, 2.45) is 0 Å². The van der Waals surface area contributed by atoms with Crippen LogP contribution in [0.3, 0.4) is 0 Å². The molecule has 136 valence electrons. The largest absolute Gasteiger partial charge is 0.463 e. The molecule has 1 fully saturated rings. The lowest BCUT2D eigenvalue weighted by atomic mass is 9.61. The summed E-state index contributed by atoms with van der Waals surface area (Å²) in [4.78, 5) is 48.0. The number of ketones is 3. The third kappa shape index (κ3) is 2.47. The molecule has 0 aromatic carbocycles. The van der Waals surface area contributed by atoms with Crippen LogP contribution in [0.2, 0.25) is 0 Å². The highest BCUT2D eigenvalue weighted by molar-refractivity contribution is 6.05. The summed E-state index contributed by atoms with van der Waals surface area (Å²) in [5.74, 6) is -6.36. The van der Waals surface area contributed by atoms with Crippen LogP contribution in [0.25, 0.3) is 0 Å². The number of ether oxygens (including phenoxy) is 2. The molecule has 0 spiro atoms. The maximum absolute atomic E-state index is 12.4. The second-order valence-electron chi connectivity index (χ2n) is 5.17. The lowest BCUT2D eigenvalue weighted by molar-refractivity contribution is -0.359. The van der Waals surface area contributed by atoms with Gasteiger partial charge in [0.05, 0.1) is 0 Å². The first kappa shape index (κ1) is 14.6. The summed E-state index contributed by atoms with van der Waals surface area (Å²) in [6.07, 6.45) is -5.03. The van der Waals surface area contributed by atoms with Gasteiger partial charge in [-0.2, -0.15) is 0 Å². The Hall–Kier alpha value is -1.72. The fourth-order valence-electron chi connectivity index (χ4n) is 2.53. The van der Waals surface area contributed by atoms with Crippen molar-refractivity contribution in [2.45, 2.75) is 56.8 Å². The standard InChI is InChI=1S/C14H20O10/c1-6(15)12(20)10(5-23-9(4)18)24-11(19)13(21,7(2)16)14(12,22)8(3)17/h10-11,19-22H,5H2,1-4H3/t10-,11?,12-,13+,14+/m1/s1/i1D,2D,3D,4D. The van der Waals surface area contributed by atoms with Gasteiger partial charge in [0.1, 0.15) is 12.7 Å². The molecule has 1 aliphatic rings. The van der Waals surface area contributed by atoms with E-state index in [1.165, 1.54) is 0 Å². The number of esters is 1. The Bertz CT molecular complexity index is 660. The fourth-order valence-corrected chi connectivity index (χ4v) is 2.53. The molecule has 24 heavy (non-hydrogen) atoms. The van der Waals surface area contributed by atoms with Crippen LogP contribution in [-0.4, -0.2) is 79.5 Å². The smallest absolute Gasteiger partial charge is 0.302 e. The van der Waals surface area contributed by atoms with Gasteiger partial charge in [0.2, 0.25) is 11.2 Å². The van der Waals surface area contributed by atoms with E-state index in [-0.39, 0.29) is 0 Å². The van der Waals surface area contributed by atoms with E-state index in [0.717, 1.165) is 0 Å². The minimum atomic E-state index is -3.90. The predicted octanol–water partition coefficient (Wildman–Crippen LogP) is -2.77. The quantitative estimate of drug-likeness (QED) is 0.380. The van der Waals surface area contributed by atoms with Crippen molar-refractivity contribution in [3.63, 3.8) is 0 Å². The van der Waals surface area contributed by atoms with Crippen LogP contribution in [0.4, 0.5) is 0 Å². The lowest BCUT2D eigenvalue weighted by Gasteiger charge is -2.56. The number of Topliss-reactive ketones (excluding diaryl/α,β-unsaturated/α-hetero) is 3. The van der Waals surface area contributed by atoms with Gasteiger partial charge < -0.3 is 29.9 Å². The van der Waals surface area contributed by atoms with Crippen molar-refractivity contribution in [1.82, 2.24) is 0 Å². The summed E-state index contributed by atoms with van der Waals surface area (Å²) in [6, 6.07) is 0. The third-order valence-corrected chi connectivity index (χ3v) is 3.87. The number of hydrogen-bond donors (Lipinski definition) is 4. The molecule has 0 aromatic rings. The van der Waals surface area contributed by atoms with Gasteiger partial charge >= 0.3 is 5.97 Å². The summed E-state index contributed by atoms with van der Waals surface area (Å²) in [6.45, 7) is -6.03. The van der Waals surface area contributed by atoms with Crippen LogP contribution in [0.1, 0.15) is 33.1 Å². The monoisotopic (exact) mass is 352 g/mol. The van der Waals surface area contributed by atoms with Crippen LogP contribution in [0.5, 0.6) is 0 Å². The number of aliphatic hydroxyl groups is 4. The first-order valence-electron chi connectivity index (χ1n) is 9.19. The van der Waals surface area contributed by atoms with Crippen LogP contribution < -0.4 is 0 Å². The molecule has 0 bridgehead atoms. The molecule has 1 saturated heterocycles. The number of rotatable bonds is 5.